The Morgan fingerprint density at radius 3 is 1.40 bits per heavy atom. The molecule has 4 nitrogen and oxygen atoms in total. The maximum Gasteiger partial charge on any atom is 0.328 e. The number of nitrogens with one attached hydrogen (secondary N) is 1. The van der Waals surface area contributed by atoms with Crippen molar-refractivity contribution >= 4 is 11.9 Å². The summed E-state index contributed by atoms with van der Waals surface area (Å²) in [5.74, 6) is -0.294. The van der Waals surface area contributed by atoms with Crippen LogP contribution < -0.4 is 5.32 Å². The Hall–Kier alpha value is -1.06. The third-order valence-corrected chi connectivity index (χ3v) is 7.03. The molecule has 0 spiro atoms. The number of hydrogen-bond acceptors (Lipinski definition) is 3. The largest absolute Gasteiger partial charge is 0.461 e. The fourth-order valence-corrected chi connectivity index (χ4v) is 4.63. The number of hydrogen-bond donors (Lipinski definition) is 1. The summed E-state index contributed by atoms with van der Waals surface area (Å²) in [5, 5.41) is 2.87. The van der Waals surface area contributed by atoms with Crippen LogP contribution in [0.5, 0.6) is 0 Å². The second kappa shape index (κ2) is 26.0. The zero-order valence-electron chi connectivity index (χ0n) is 24.1. The number of rotatable bonds is 26. The smallest absolute Gasteiger partial charge is 0.328 e. The van der Waals surface area contributed by atoms with Gasteiger partial charge in [0.05, 0.1) is 0 Å². The minimum Gasteiger partial charge on any atom is -0.461 e. The molecule has 35 heavy (non-hydrogen) atoms. The zero-order valence-corrected chi connectivity index (χ0v) is 24.1. The number of unbranched alkanes of at least 4 members (excludes halogenated alkanes) is 17. The van der Waals surface area contributed by atoms with Gasteiger partial charge < -0.3 is 10.1 Å². The zero-order chi connectivity index (χ0) is 26.0. The van der Waals surface area contributed by atoms with Crippen molar-refractivity contribution < 1.29 is 14.3 Å². The highest BCUT2D eigenvalue weighted by atomic mass is 16.5. The molecule has 0 fully saturated rings. The van der Waals surface area contributed by atoms with Gasteiger partial charge in [-0.1, -0.05) is 130 Å². The lowest BCUT2D eigenvalue weighted by molar-refractivity contribution is -0.153. The Morgan fingerprint density at radius 2 is 0.943 bits per heavy atom. The van der Waals surface area contributed by atoms with E-state index in [0.717, 1.165) is 38.5 Å². The molecule has 4 heteroatoms. The van der Waals surface area contributed by atoms with Gasteiger partial charge in [-0.2, -0.15) is 0 Å². The number of carbonyl (C=O) groups is 2. The van der Waals surface area contributed by atoms with Gasteiger partial charge in [-0.3, -0.25) is 4.79 Å². The number of carbonyl (C=O) groups excluding carboxylic acids is 2. The van der Waals surface area contributed by atoms with Crippen LogP contribution >= 0.6 is 0 Å². The summed E-state index contributed by atoms with van der Waals surface area (Å²) in [5.41, 5.74) is 0. The topological polar surface area (TPSA) is 55.4 Å². The van der Waals surface area contributed by atoms with E-state index >= 15 is 0 Å². The highest BCUT2D eigenvalue weighted by molar-refractivity contribution is 5.84. The van der Waals surface area contributed by atoms with E-state index in [9.17, 15) is 9.59 Å². The molecule has 0 radical (unpaired) electrons. The van der Waals surface area contributed by atoms with Crippen LogP contribution in [0.1, 0.15) is 175 Å². The summed E-state index contributed by atoms with van der Waals surface area (Å²) in [6.07, 6.45) is 27.2. The fourth-order valence-electron chi connectivity index (χ4n) is 4.63. The summed E-state index contributed by atoms with van der Waals surface area (Å²) >= 11 is 0. The Kier molecular flexibility index (Phi) is 25.2. The molecular weight excluding hydrogens is 434 g/mol. The van der Waals surface area contributed by atoms with E-state index in [2.05, 4.69) is 26.1 Å². The van der Waals surface area contributed by atoms with Crippen molar-refractivity contribution in [2.45, 2.75) is 188 Å². The molecule has 1 amide bonds. The van der Waals surface area contributed by atoms with E-state index in [1.165, 1.54) is 103 Å². The highest BCUT2D eigenvalue weighted by Gasteiger charge is 2.21. The molecule has 0 heterocycles. The van der Waals surface area contributed by atoms with Gasteiger partial charge in [-0.15, -0.1) is 0 Å². The first-order valence-corrected chi connectivity index (χ1v) is 15.5. The quantitative estimate of drug-likeness (QED) is 0.0960. The molecule has 0 bridgehead atoms. The Bertz CT molecular complexity index is 480. The molecule has 0 aliphatic heterocycles. The van der Waals surface area contributed by atoms with Crippen molar-refractivity contribution in [1.29, 1.82) is 0 Å². The molecule has 0 saturated carbocycles. The van der Waals surface area contributed by atoms with E-state index < -0.39 is 6.04 Å². The Labute approximate surface area is 219 Å². The van der Waals surface area contributed by atoms with Gasteiger partial charge >= 0.3 is 5.97 Å². The summed E-state index contributed by atoms with van der Waals surface area (Å²) in [7, 11) is 0. The molecule has 208 valence electrons. The first kappa shape index (κ1) is 33.9. The van der Waals surface area contributed by atoms with Crippen molar-refractivity contribution in [3.8, 4) is 0 Å². The molecule has 0 saturated heterocycles. The first-order valence-electron chi connectivity index (χ1n) is 15.5. The van der Waals surface area contributed by atoms with Gasteiger partial charge in [-0.05, 0) is 39.0 Å². The SMILES string of the molecule is CCCCCCCCCCCC(=O)N[C@@H](C)C(=O)OC(CCCCCC)CCCCCCCCC. The van der Waals surface area contributed by atoms with E-state index in [4.69, 9.17) is 4.74 Å². The minimum absolute atomic E-state index is 0.00771. The monoisotopic (exact) mass is 495 g/mol. The van der Waals surface area contributed by atoms with Crippen LogP contribution in [0.25, 0.3) is 0 Å². The lowest BCUT2D eigenvalue weighted by Gasteiger charge is -2.21. The maximum atomic E-state index is 12.7. The van der Waals surface area contributed by atoms with Crippen molar-refractivity contribution in [3.05, 3.63) is 0 Å². The minimum atomic E-state index is -0.562. The summed E-state index contributed by atoms with van der Waals surface area (Å²) in [4.78, 5) is 25.0. The Balaban J connectivity index is 4.15. The molecule has 0 aromatic heterocycles. The third-order valence-electron chi connectivity index (χ3n) is 7.03. The standard InChI is InChI=1S/C31H61NO3/c1-5-8-11-14-16-17-19-21-24-27-30(33)32-28(4)31(34)35-29(25-22-13-10-7-3)26-23-20-18-15-12-9-6-2/h28-29H,5-27H2,1-4H3,(H,32,33)/t28-,29?/m0/s1. The van der Waals surface area contributed by atoms with Crippen molar-refractivity contribution in [2.75, 3.05) is 0 Å². The van der Waals surface area contributed by atoms with E-state index in [0.29, 0.717) is 6.42 Å². The molecule has 0 rings (SSSR count). The van der Waals surface area contributed by atoms with Crippen LogP contribution in [0.15, 0.2) is 0 Å². The van der Waals surface area contributed by atoms with Crippen LogP contribution in [-0.4, -0.2) is 24.0 Å². The summed E-state index contributed by atoms with van der Waals surface area (Å²) in [6, 6.07) is -0.562. The molecule has 0 aliphatic rings. The summed E-state index contributed by atoms with van der Waals surface area (Å²) in [6.45, 7) is 8.47. The van der Waals surface area contributed by atoms with Gasteiger partial charge in [0.15, 0.2) is 0 Å². The lowest BCUT2D eigenvalue weighted by Crippen LogP contribution is -2.40. The fraction of sp³-hybridized carbons (Fsp3) is 0.935. The van der Waals surface area contributed by atoms with E-state index in [1.54, 1.807) is 6.92 Å². The molecule has 1 unspecified atom stereocenters. The maximum absolute atomic E-state index is 12.7. The van der Waals surface area contributed by atoms with Gasteiger partial charge in [0, 0.05) is 6.42 Å². The van der Waals surface area contributed by atoms with Gasteiger partial charge in [0.1, 0.15) is 12.1 Å². The van der Waals surface area contributed by atoms with Gasteiger partial charge in [0.25, 0.3) is 0 Å². The summed E-state index contributed by atoms with van der Waals surface area (Å²) < 4.78 is 5.88. The van der Waals surface area contributed by atoms with Crippen LogP contribution in [0.3, 0.4) is 0 Å². The first-order chi connectivity index (χ1) is 17.0. The van der Waals surface area contributed by atoms with Crippen molar-refractivity contribution in [3.63, 3.8) is 0 Å². The van der Waals surface area contributed by atoms with Gasteiger partial charge in [0.2, 0.25) is 5.91 Å². The normalized spacial score (nSPS) is 12.9. The van der Waals surface area contributed by atoms with E-state index in [-0.39, 0.29) is 18.0 Å². The lowest BCUT2D eigenvalue weighted by atomic mass is 10.0. The van der Waals surface area contributed by atoms with Crippen LogP contribution in [0.2, 0.25) is 0 Å². The average Bonchev–Trinajstić information content (AvgIpc) is 2.84. The molecule has 2 atom stereocenters. The molecule has 1 N–H and O–H groups in total. The predicted octanol–water partition coefficient (Wildman–Crippen LogP) is 9.43. The second-order valence-corrected chi connectivity index (χ2v) is 10.7. The van der Waals surface area contributed by atoms with Crippen LogP contribution in [-0.2, 0) is 14.3 Å². The molecule has 0 aromatic rings. The predicted molar refractivity (Wildman–Crippen MR) is 151 cm³/mol. The van der Waals surface area contributed by atoms with Crippen molar-refractivity contribution in [2.24, 2.45) is 0 Å². The molecule has 0 aromatic carbocycles. The number of esters is 1. The third kappa shape index (κ3) is 23.1. The Morgan fingerprint density at radius 1 is 0.571 bits per heavy atom. The van der Waals surface area contributed by atoms with E-state index in [1.807, 2.05) is 0 Å². The molecule has 0 aliphatic carbocycles. The van der Waals surface area contributed by atoms with Crippen LogP contribution in [0, 0.1) is 0 Å². The van der Waals surface area contributed by atoms with Gasteiger partial charge in [-0.25, -0.2) is 4.79 Å². The van der Waals surface area contributed by atoms with Crippen LogP contribution in [0.4, 0.5) is 0 Å². The van der Waals surface area contributed by atoms with Crippen molar-refractivity contribution in [1.82, 2.24) is 5.32 Å². The molecular formula is C31H61NO3. The highest BCUT2D eigenvalue weighted by Crippen LogP contribution is 2.17. The number of amides is 1. The average molecular weight is 496 g/mol. The number of ether oxygens (including phenoxy) is 1. The second-order valence-electron chi connectivity index (χ2n) is 10.7.